The number of aliphatic carboxylic acids is 1. The van der Waals surface area contributed by atoms with Gasteiger partial charge in [-0.05, 0) is 12.8 Å². The van der Waals surface area contributed by atoms with Crippen LogP contribution in [0.1, 0.15) is 32.1 Å². The predicted octanol–water partition coefficient (Wildman–Crippen LogP) is 0.0262. The lowest BCUT2D eigenvalue weighted by Crippen LogP contribution is -2.47. The summed E-state index contributed by atoms with van der Waals surface area (Å²) in [5, 5.41) is 18.2. The van der Waals surface area contributed by atoms with E-state index in [1.807, 2.05) is 0 Å². The molecule has 0 radical (unpaired) electrons. The number of aliphatic hydroxyl groups is 1. The molecule has 1 fully saturated rings. The molecule has 0 spiro atoms. The Bertz CT molecular complexity index is 367. The lowest BCUT2D eigenvalue weighted by Gasteiger charge is -2.34. The minimum absolute atomic E-state index is 0.407. The van der Waals surface area contributed by atoms with Gasteiger partial charge >= 0.3 is 5.97 Å². The molecule has 0 amide bonds. The van der Waals surface area contributed by atoms with E-state index in [1.165, 1.54) is 7.05 Å². The summed E-state index contributed by atoms with van der Waals surface area (Å²) in [6.45, 7) is 0. The maximum atomic E-state index is 11.8. The number of carbonyl (C=O) groups is 1. The fourth-order valence-electron chi connectivity index (χ4n) is 2.08. The summed E-state index contributed by atoms with van der Waals surface area (Å²) in [6, 6.07) is -0.414. The zero-order valence-corrected chi connectivity index (χ0v) is 10.7. The smallest absolute Gasteiger partial charge is 0.304 e. The summed E-state index contributed by atoms with van der Waals surface area (Å²) in [7, 11) is -2.18. The highest BCUT2D eigenvalue weighted by Gasteiger charge is 2.33. The molecule has 2 atom stereocenters. The molecule has 0 aromatic carbocycles. The van der Waals surface area contributed by atoms with E-state index < -0.39 is 40.3 Å². The first-order chi connectivity index (χ1) is 7.84. The highest BCUT2D eigenvalue weighted by molar-refractivity contribution is 7.89. The Labute approximate surface area is 101 Å². The Balaban J connectivity index is 2.66. The first-order valence-electron chi connectivity index (χ1n) is 5.70. The van der Waals surface area contributed by atoms with E-state index in [1.54, 1.807) is 0 Å². The van der Waals surface area contributed by atoms with Crippen molar-refractivity contribution >= 4 is 16.0 Å². The molecule has 6 nitrogen and oxygen atoms in total. The highest BCUT2D eigenvalue weighted by atomic mass is 32.2. The van der Waals surface area contributed by atoms with Crippen molar-refractivity contribution in [2.45, 2.75) is 44.2 Å². The van der Waals surface area contributed by atoms with Crippen LogP contribution in [-0.4, -0.2) is 53.9 Å². The molecule has 100 valence electrons. The van der Waals surface area contributed by atoms with Crippen molar-refractivity contribution in [1.29, 1.82) is 0 Å². The molecule has 0 heterocycles. The largest absolute Gasteiger partial charge is 0.481 e. The summed E-state index contributed by atoms with van der Waals surface area (Å²) < 4.78 is 24.8. The van der Waals surface area contributed by atoms with Crippen LogP contribution in [0.15, 0.2) is 0 Å². The van der Waals surface area contributed by atoms with Gasteiger partial charge in [0.15, 0.2) is 0 Å². The van der Waals surface area contributed by atoms with Gasteiger partial charge in [-0.25, -0.2) is 8.42 Å². The van der Waals surface area contributed by atoms with Crippen LogP contribution in [0.25, 0.3) is 0 Å². The van der Waals surface area contributed by atoms with E-state index >= 15 is 0 Å². The van der Waals surface area contributed by atoms with Gasteiger partial charge in [0.2, 0.25) is 10.0 Å². The lowest BCUT2D eigenvalue weighted by atomic mass is 9.93. The van der Waals surface area contributed by atoms with Gasteiger partial charge in [-0.2, -0.15) is 4.31 Å². The van der Waals surface area contributed by atoms with Crippen LogP contribution in [0.5, 0.6) is 0 Å². The van der Waals surface area contributed by atoms with E-state index in [4.69, 9.17) is 5.11 Å². The molecule has 2 N–H and O–H groups in total. The minimum Gasteiger partial charge on any atom is -0.481 e. The van der Waals surface area contributed by atoms with Crippen molar-refractivity contribution < 1.29 is 23.4 Å². The Morgan fingerprint density at radius 3 is 2.47 bits per heavy atom. The zero-order chi connectivity index (χ0) is 13.1. The first kappa shape index (κ1) is 14.4. The third-order valence-corrected chi connectivity index (χ3v) is 5.04. The molecule has 17 heavy (non-hydrogen) atoms. The molecular formula is C10H19NO5S. The minimum atomic E-state index is -3.60. The number of carboxylic acid groups (broad SMARTS) is 1. The fraction of sp³-hybridized carbons (Fsp3) is 0.900. The second kappa shape index (κ2) is 5.79. The zero-order valence-electron chi connectivity index (χ0n) is 9.87. The molecule has 0 aliphatic heterocycles. The molecular weight excluding hydrogens is 246 g/mol. The van der Waals surface area contributed by atoms with E-state index in [2.05, 4.69) is 0 Å². The van der Waals surface area contributed by atoms with Crippen molar-refractivity contribution in [3.05, 3.63) is 0 Å². The average molecular weight is 265 g/mol. The number of nitrogens with zero attached hydrogens (tertiary/aromatic N) is 1. The van der Waals surface area contributed by atoms with Gasteiger partial charge in [0.25, 0.3) is 0 Å². The SMILES string of the molecule is CN(C1CCCCC1O)S(=O)(=O)CCC(=O)O. The summed E-state index contributed by atoms with van der Waals surface area (Å²) in [5.74, 6) is -1.55. The molecule has 0 aromatic rings. The highest BCUT2D eigenvalue weighted by Crippen LogP contribution is 2.24. The van der Waals surface area contributed by atoms with Gasteiger partial charge in [0, 0.05) is 7.05 Å². The molecule has 0 bridgehead atoms. The Morgan fingerprint density at radius 1 is 1.35 bits per heavy atom. The lowest BCUT2D eigenvalue weighted by molar-refractivity contribution is -0.136. The van der Waals surface area contributed by atoms with E-state index in [0.717, 1.165) is 17.1 Å². The molecule has 1 aliphatic rings. The van der Waals surface area contributed by atoms with Gasteiger partial charge in [-0.15, -0.1) is 0 Å². The number of hydrogen-bond donors (Lipinski definition) is 2. The van der Waals surface area contributed by atoms with Crippen molar-refractivity contribution in [2.24, 2.45) is 0 Å². The molecule has 0 aromatic heterocycles. The summed E-state index contributed by atoms with van der Waals surface area (Å²) in [5.41, 5.74) is 0. The maximum Gasteiger partial charge on any atom is 0.304 e. The quantitative estimate of drug-likeness (QED) is 0.731. The Hall–Kier alpha value is -0.660. The van der Waals surface area contributed by atoms with Crippen LogP contribution >= 0.6 is 0 Å². The molecule has 7 heteroatoms. The van der Waals surface area contributed by atoms with Crippen molar-refractivity contribution in [3.8, 4) is 0 Å². The van der Waals surface area contributed by atoms with Gasteiger partial charge < -0.3 is 10.2 Å². The van der Waals surface area contributed by atoms with E-state index in [0.29, 0.717) is 12.8 Å². The molecule has 1 aliphatic carbocycles. The monoisotopic (exact) mass is 265 g/mol. The second-order valence-corrected chi connectivity index (χ2v) is 6.54. The van der Waals surface area contributed by atoms with Gasteiger partial charge in [-0.1, -0.05) is 12.8 Å². The predicted molar refractivity (Wildman–Crippen MR) is 62.1 cm³/mol. The fourth-order valence-corrected chi connectivity index (χ4v) is 3.46. The number of likely N-dealkylation sites (N-methyl/N-ethyl adjacent to an activating group) is 1. The van der Waals surface area contributed by atoms with Crippen LogP contribution in [0.3, 0.4) is 0 Å². The molecule has 2 unspecified atom stereocenters. The van der Waals surface area contributed by atoms with Crippen LogP contribution in [0, 0.1) is 0 Å². The van der Waals surface area contributed by atoms with Crippen LogP contribution in [0.4, 0.5) is 0 Å². The Kier molecular flexibility index (Phi) is 4.91. The average Bonchev–Trinajstić information content (AvgIpc) is 2.26. The summed E-state index contributed by atoms with van der Waals surface area (Å²) in [4.78, 5) is 10.4. The number of rotatable bonds is 5. The maximum absolute atomic E-state index is 11.8. The molecule has 0 saturated heterocycles. The third kappa shape index (κ3) is 3.93. The third-order valence-electron chi connectivity index (χ3n) is 3.17. The standard InChI is InChI=1S/C10H19NO5S/c1-11(8-4-2-3-5-9(8)12)17(15,16)7-6-10(13)14/h8-9,12H,2-7H2,1H3,(H,13,14). The van der Waals surface area contributed by atoms with Crippen molar-refractivity contribution in [1.82, 2.24) is 4.31 Å². The number of carboxylic acids is 1. The Morgan fingerprint density at radius 2 is 1.94 bits per heavy atom. The number of aliphatic hydroxyl groups excluding tert-OH is 1. The number of hydrogen-bond acceptors (Lipinski definition) is 4. The first-order valence-corrected chi connectivity index (χ1v) is 7.31. The summed E-state index contributed by atoms with van der Waals surface area (Å²) in [6.07, 6.45) is 1.97. The summed E-state index contributed by atoms with van der Waals surface area (Å²) >= 11 is 0. The normalized spacial score (nSPS) is 26.1. The van der Waals surface area contributed by atoms with Crippen LogP contribution in [-0.2, 0) is 14.8 Å². The van der Waals surface area contributed by atoms with E-state index in [9.17, 15) is 18.3 Å². The second-order valence-electron chi connectivity index (χ2n) is 4.40. The molecule has 1 saturated carbocycles. The number of sulfonamides is 1. The van der Waals surface area contributed by atoms with Crippen LogP contribution in [0.2, 0.25) is 0 Å². The van der Waals surface area contributed by atoms with E-state index in [-0.39, 0.29) is 0 Å². The van der Waals surface area contributed by atoms with Crippen LogP contribution < -0.4 is 0 Å². The topological polar surface area (TPSA) is 94.9 Å². The molecule has 1 rings (SSSR count). The van der Waals surface area contributed by atoms with Gasteiger partial charge in [0.1, 0.15) is 0 Å². The van der Waals surface area contributed by atoms with Gasteiger partial charge in [0.05, 0.1) is 24.3 Å². The van der Waals surface area contributed by atoms with Crippen molar-refractivity contribution in [2.75, 3.05) is 12.8 Å². The van der Waals surface area contributed by atoms with Gasteiger partial charge in [-0.3, -0.25) is 4.79 Å². The van der Waals surface area contributed by atoms with Crippen molar-refractivity contribution in [3.63, 3.8) is 0 Å².